The van der Waals surface area contributed by atoms with E-state index in [1.54, 1.807) is 0 Å². The van der Waals surface area contributed by atoms with Crippen molar-refractivity contribution in [3.05, 3.63) is 166 Å². The van der Waals surface area contributed by atoms with E-state index in [4.69, 9.17) is 4.42 Å². The molecule has 0 aliphatic rings. The molecule has 10 rings (SSSR count). The average molecular weight is 709 g/mol. The lowest BCUT2D eigenvalue weighted by molar-refractivity contribution is 0.669. The molecule has 0 aliphatic carbocycles. The first-order valence-electron chi connectivity index (χ1n) is 19.5. The van der Waals surface area contributed by atoms with Crippen molar-refractivity contribution in [2.75, 3.05) is 0 Å². The number of aryl methyl sites for hydroxylation is 4. The Hall–Kier alpha value is -6.18. The lowest BCUT2D eigenvalue weighted by Gasteiger charge is -2.27. The van der Waals surface area contributed by atoms with Crippen LogP contribution in [-0.2, 0) is 0 Å². The molecule has 0 saturated carbocycles. The van der Waals surface area contributed by atoms with Crippen LogP contribution in [0.2, 0.25) is 0 Å². The van der Waals surface area contributed by atoms with Gasteiger partial charge in [-0.05, 0) is 195 Å². The first-order chi connectivity index (χ1) is 26.7. The minimum absolute atomic E-state index is 0.924. The normalized spacial score (nSPS) is 12.0. The molecule has 1 nitrogen and oxygen atoms in total. The Kier molecular flexibility index (Phi) is 7.39. The van der Waals surface area contributed by atoms with Crippen LogP contribution in [-0.4, -0.2) is 0 Å². The highest BCUT2D eigenvalue weighted by Crippen LogP contribution is 2.52. The fraction of sp³-hybridized carbons (Fsp3) is 0.148. The largest absolute Gasteiger partial charge is 0.456 e. The van der Waals surface area contributed by atoms with E-state index in [1.807, 2.05) is 0 Å². The summed E-state index contributed by atoms with van der Waals surface area (Å²) in [6.07, 6.45) is 0. The molecule has 9 aromatic carbocycles. The highest BCUT2D eigenvalue weighted by atomic mass is 16.3. The maximum atomic E-state index is 6.53. The predicted octanol–water partition coefficient (Wildman–Crippen LogP) is 15.7. The van der Waals surface area contributed by atoms with Gasteiger partial charge in [0.2, 0.25) is 0 Å². The molecule has 0 bridgehead atoms. The van der Waals surface area contributed by atoms with E-state index in [0.29, 0.717) is 0 Å². The number of fused-ring (bicyclic) bond motifs is 8. The van der Waals surface area contributed by atoms with Crippen LogP contribution in [0.15, 0.2) is 126 Å². The molecule has 0 saturated heterocycles. The van der Waals surface area contributed by atoms with E-state index >= 15 is 0 Å². The first-order valence-corrected chi connectivity index (χ1v) is 19.5. The monoisotopic (exact) mass is 708 g/mol. The van der Waals surface area contributed by atoms with Crippen LogP contribution in [0.4, 0.5) is 0 Å². The number of furan rings is 1. The van der Waals surface area contributed by atoms with Gasteiger partial charge in [-0.1, -0.05) is 103 Å². The third kappa shape index (κ3) is 4.66. The van der Waals surface area contributed by atoms with Crippen molar-refractivity contribution in [2.45, 2.75) is 55.4 Å². The zero-order valence-corrected chi connectivity index (χ0v) is 33.0. The third-order valence-corrected chi connectivity index (χ3v) is 13.3. The molecule has 0 aliphatic heterocycles. The van der Waals surface area contributed by atoms with Gasteiger partial charge < -0.3 is 4.42 Å². The van der Waals surface area contributed by atoms with E-state index in [-0.39, 0.29) is 0 Å². The van der Waals surface area contributed by atoms with Crippen LogP contribution < -0.4 is 0 Å². The van der Waals surface area contributed by atoms with Crippen molar-refractivity contribution < 1.29 is 4.42 Å². The molecule has 1 heteroatoms. The third-order valence-electron chi connectivity index (χ3n) is 13.3. The van der Waals surface area contributed by atoms with Crippen molar-refractivity contribution in [1.29, 1.82) is 0 Å². The van der Waals surface area contributed by atoms with Crippen LogP contribution >= 0.6 is 0 Å². The summed E-state index contributed by atoms with van der Waals surface area (Å²) in [5, 5.41) is 12.8. The minimum Gasteiger partial charge on any atom is -0.456 e. The van der Waals surface area contributed by atoms with Crippen molar-refractivity contribution >= 4 is 65.0 Å². The Labute approximate surface area is 322 Å². The van der Waals surface area contributed by atoms with Gasteiger partial charge in [-0.15, -0.1) is 0 Å². The fourth-order valence-corrected chi connectivity index (χ4v) is 9.80. The maximum Gasteiger partial charge on any atom is 0.136 e. The van der Waals surface area contributed by atoms with Gasteiger partial charge in [0.15, 0.2) is 0 Å². The van der Waals surface area contributed by atoms with E-state index in [1.165, 1.54) is 126 Å². The molecule has 0 amide bonds. The quantitative estimate of drug-likeness (QED) is 0.132. The number of para-hydroxylation sites is 1. The summed E-state index contributed by atoms with van der Waals surface area (Å²) in [5.74, 6) is 0. The van der Waals surface area contributed by atoms with Crippen LogP contribution in [0.25, 0.3) is 98.4 Å². The molecule has 1 heterocycles. The van der Waals surface area contributed by atoms with E-state index in [9.17, 15) is 0 Å². The molecule has 55 heavy (non-hydrogen) atoms. The van der Waals surface area contributed by atoms with Crippen molar-refractivity contribution in [1.82, 2.24) is 0 Å². The molecular weight excluding hydrogens is 665 g/mol. The van der Waals surface area contributed by atoms with E-state index in [0.717, 1.165) is 16.6 Å². The Balaban J connectivity index is 1.39. The van der Waals surface area contributed by atoms with Crippen LogP contribution in [0.3, 0.4) is 0 Å². The smallest absolute Gasteiger partial charge is 0.136 e. The highest BCUT2D eigenvalue weighted by Gasteiger charge is 2.27. The topological polar surface area (TPSA) is 13.1 Å². The predicted molar refractivity (Wildman–Crippen MR) is 238 cm³/mol. The van der Waals surface area contributed by atoms with Crippen molar-refractivity contribution in [2.24, 2.45) is 0 Å². The summed E-state index contributed by atoms with van der Waals surface area (Å²) >= 11 is 0. The molecule has 1 aromatic heterocycles. The summed E-state index contributed by atoms with van der Waals surface area (Å²) in [6.45, 7) is 18.6. The lowest BCUT2D eigenvalue weighted by atomic mass is 9.76. The highest BCUT2D eigenvalue weighted by molar-refractivity contribution is 6.28. The first kappa shape index (κ1) is 33.4. The zero-order valence-electron chi connectivity index (χ0n) is 33.0. The van der Waals surface area contributed by atoms with E-state index < -0.39 is 0 Å². The SMILES string of the molecule is Cc1c(C)c(C)c2c(-c3cccc4oc5ccccc5c34)c3c(C)c(C)c(C)c(C)c3c(-c3cccc(-c4cccc5c4ccc4ccccc45)c3)c2c1C. The molecule has 0 spiro atoms. The molecule has 266 valence electrons. The summed E-state index contributed by atoms with van der Waals surface area (Å²) < 4.78 is 6.53. The van der Waals surface area contributed by atoms with Gasteiger partial charge in [-0.2, -0.15) is 0 Å². The fourth-order valence-electron chi connectivity index (χ4n) is 9.80. The minimum atomic E-state index is 0.924. The number of rotatable bonds is 3. The summed E-state index contributed by atoms with van der Waals surface area (Å²) in [5.41, 5.74) is 20.3. The number of benzene rings is 9. The van der Waals surface area contributed by atoms with Gasteiger partial charge in [0.1, 0.15) is 11.2 Å². The zero-order chi connectivity index (χ0) is 37.9. The standard InChI is InChI=1S/C54H44O/c1-29-31(3)35(7)50-48(33(29)5)52(39-18-13-17-38(28-39)41-21-14-22-42-40-19-10-9-16-37(40)26-27-43(41)42)49-34(6)30(2)32(4)36(8)51(49)54(50)45-23-15-25-47-53(45)44-20-11-12-24-46(44)55-47/h9-28H,1-8H3. The number of hydrogen-bond donors (Lipinski definition) is 0. The Bertz CT molecular complexity index is 3200. The van der Waals surface area contributed by atoms with Gasteiger partial charge in [0.25, 0.3) is 0 Å². The van der Waals surface area contributed by atoms with Crippen LogP contribution in [0, 0.1) is 55.4 Å². The molecule has 0 unspecified atom stereocenters. The van der Waals surface area contributed by atoms with Gasteiger partial charge in [-0.25, -0.2) is 0 Å². The van der Waals surface area contributed by atoms with Crippen molar-refractivity contribution in [3.63, 3.8) is 0 Å². The van der Waals surface area contributed by atoms with Gasteiger partial charge in [-0.3, -0.25) is 0 Å². The summed E-state index contributed by atoms with van der Waals surface area (Å²) in [7, 11) is 0. The Morgan fingerprint density at radius 3 is 1.51 bits per heavy atom. The van der Waals surface area contributed by atoms with Crippen LogP contribution in [0.5, 0.6) is 0 Å². The molecule has 10 aromatic rings. The van der Waals surface area contributed by atoms with Crippen LogP contribution in [0.1, 0.15) is 44.5 Å². The molecule has 0 atom stereocenters. The van der Waals surface area contributed by atoms with Crippen molar-refractivity contribution in [3.8, 4) is 33.4 Å². The second kappa shape index (κ2) is 12.2. The second-order valence-electron chi connectivity index (χ2n) is 15.8. The summed E-state index contributed by atoms with van der Waals surface area (Å²) in [6, 6.07) is 44.6. The number of hydrogen-bond acceptors (Lipinski definition) is 1. The Morgan fingerprint density at radius 2 is 0.818 bits per heavy atom. The summed E-state index contributed by atoms with van der Waals surface area (Å²) in [4.78, 5) is 0. The average Bonchev–Trinajstić information content (AvgIpc) is 3.61. The Morgan fingerprint density at radius 1 is 0.309 bits per heavy atom. The lowest BCUT2D eigenvalue weighted by Crippen LogP contribution is -2.04. The molecule has 0 fully saturated rings. The maximum absolute atomic E-state index is 6.53. The van der Waals surface area contributed by atoms with Gasteiger partial charge in [0, 0.05) is 10.8 Å². The molecule has 0 N–H and O–H groups in total. The second-order valence-corrected chi connectivity index (χ2v) is 15.8. The van der Waals surface area contributed by atoms with E-state index in [2.05, 4.69) is 177 Å². The van der Waals surface area contributed by atoms with Gasteiger partial charge >= 0.3 is 0 Å². The van der Waals surface area contributed by atoms with Gasteiger partial charge in [0.05, 0.1) is 0 Å². The molecular formula is C54H44O. The molecule has 0 radical (unpaired) electrons.